The number of esters is 1. The molecule has 4 nitrogen and oxygen atoms in total. The van der Waals surface area contributed by atoms with Gasteiger partial charge in [0, 0.05) is 6.42 Å². The first-order valence-corrected chi connectivity index (χ1v) is 7.01. The maximum atomic E-state index is 11.8. The monoisotopic (exact) mass is 266 g/mol. The Kier molecular flexibility index (Phi) is 2.64. The number of cyclic esters (lactones) is 1. The van der Waals surface area contributed by atoms with Gasteiger partial charge in [-0.2, -0.15) is 0 Å². The highest BCUT2D eigenvalue weighted by molar-refractivity contribution is 5.93. The normalized spacial score (nSPS) is 44.7. The minimum Gasteiger partial charge on any atom is -0.458 e. The Balaban J connectivity index is 2.04. The van der Waals surface area contributed by atoms with E-state index in [1.807, 2.05) is 6.92 Å². The molecule has 1 aliphatic heterocycles. The van der Waals surface area contributed by atoms with Crippen molar-refractivity contribution in [2.75, 3.05) is 6.61 Å². The van der Waals surface area contributed by atoms with Crippen LogP contribution in [0.5, 0.6) is 0 Å². The highest BCUT2D eigenvalue weighted by atomic mass is 16.5. The summed E-state index contributed by atoms with van der Waals surface area (Å²) >= 11 is 0. The molecular weight excluding hydrogens is 244 g/mol. The summed E-state index contributed by atoms with van der Waals surface area (Å²) in [5, 5.41) is 21.4. The van der Waals surface area contributed by atoms with Crippen LogP contribution in [0.15, 0.2) is 11.1 Å². The van der Waals surface area contributed by atoms with Crippen molar-refractivity contribution >= 4 is 5.97 Å². The van der Waals surface area contributed by atoms with Crippen molar-refractivity contribution in [2.24, 2.45) is 17.3 Å². The number of hydrogen-bond donors (Lipinski definition) is 2. The molecule has 0 aromatic rings. The quantitative estimate of drug-likeness (QED) is 0.651. The van der Waals surface area contributed by atoms with E-state index in [4.69, 9.17) is 4.74 Å². The maximum absolute atomic E-state index is 11.8. The fourth-order valence-corrected chi connectivity index (χ4v) is 4.33. The molecule has 1 fully saturated rings. The molecule has 3 aliphatic rings. The van der Waals surface area contributed by atoms with E-state index in [0.717, 1.165) is 18.4 Å². The first kappa shape index (κ1) is 13.1. The molecular formula is C15H22O4. The summed E-state index contributed by atoms with van der Waals surface area (Å²) in [6.07, 6.45) is 1.37. The van der Waals surface area contributed by atoms with Crippen LogP contribution < -0.4 is 0 Å². The number of hydrogen-bond acceptors (Lipinski definition) is 4. The molecule has 2 aliphatic carbocycles. The Morgan fingerprint density at radius 2 is 1.95 bits per heavy atom. The van der Waals surface area contributed by atoms with Gasteiger partial charge in [0.15, 0.2) is 0 Å². The lowest BCUT2D eigenvalue weighted by Gasteiger charge is -2.34. The third kappa shape index (κ3) is 1.93. The van der Waals surface area contributed by atoms with E-state index in [0.29, 0.717) is 12.0 Å². The van der Waals surface area contributed by atoms with Gasteiger partial charge < -0.3 is 14.9 Å². The minimum absolute atomic E-state index is 0.0379. The maximum Gasteiger partial charge on any atom is 0.337 e. The third-order valence-corrected chi connectivity index (χ3v) is 5.13. The lowest BCUT2D eigenvalue weighted by Crippen LogP contribution is -2.39. The van der Waals surface area contributed by atoms with Gasteiger partial charge in [-0.25, -0.2) is 4.79 Å². The first-order valence-electron chi connectivity index (χ1n) is 7.01. The third-order valence-electron chi connectivity index (χ3n) is 5.13. The number of fused-ring (bicyclic) bond motifs is 1. The zero-order valence-corrected chi connectivity index (χ0v) is 11.8. The van der Waals surface area contributed by atoms with Crippen LogP contribution in [0.1, 0.15) is 40.0 Å². The largest absolute Gasteiger partial charge is 0.458 e. The minimum atomic E-state index is -0.871. The van der Waals surface area contributed by atoms with Crippen molar-refractivity contribution < 1.29 is 19.7 Å². The Bertz CT molecular complexity index is 461. The van der Waals surface area contributed by atoms with Gasteiger partial charge >= 0.3 is 5.97 Å². The predicted octanol–water partition coefficient (Wildman–Crippen LogP) is 1.41. The highest BCUT2D eigenvalue weighted by Crippen LogP contribution is 2.55. The van der Waals surface area contributed by atoms with Crippen molar-refractivity contribution in [3.8, 4) is 0 Å². The molecule has 19 heavy (non-hydrogen) atoms. The molecule has 0 spiro atoms. The van der Waals surface area contributed by atoms with Gasteiger partial charge in [-0.15, -0.1) is 0 Å². The molecule has 0 bridgehead atoms. The molecule has 0 amide bonds. The molecule has 106 valence electrons. The summed E-state index contributed by atoms with van der Waals surface area (Å²) in [5.74, 6) is -0.414. The zero-order chi connectivity index (χ0) is 14.0. The Morgan fingerprint density at radius 1 is 1.26 bits per heavy atom. The van der Waals surface area contributed by atoms with Gasteiger partial charge in [-0.3, -0.25) is 0 Å². The van der Waals surface area contributed by atoms with Crippen LogP contribution in [0.3, 0.4) is 0 Å². The predicted molar refractivity (Wildman–Crippen MR) is 69.2 cm³/mol. The van der Waals surface area contributed by atoms with E-state index in [1.165, 1.54) is 0 Å². The lowest BCUT2D eigenvalue weighted by molar-refractivity contribution is -0.138. The Morgan fingerprint density at radius 3 is 2.63 bits per heavy atom. The summed E-state index contributed by atoms with van der Waals surface area (Å²) in [6, 6.07) is 0. The van der Waals surface area contributed by atoms with Crippen LogP contribution in [0.2, 0.25) is 0 Å². The second-order valence-corrected chi connectivity index (χ2v) is 7.41. The van der Waals surface area contributed by atoms with E-state index in [-0.39, 0.29) is 23.9 Å². The van der Waals surface area contributed by atoms with Gasteiger partial charge in [-0.05, 0) is 42.6 Å². The number of aliphatic hydroxyl groups is 2. The van der Waals surface area contributed by atoms with Gasteiger partial charge in [0.25, 0.3) is 0 Å². The standard InChI is InChI=1S/C15H22O4/c1-14(2)5-9-10(6-14)15(3,18)4-8-7-19-13(17)11(8)12(9)16/h9-10,12,16,18H,4-7H2,1-3H3. The van der Waals surface area contributed by atoms with Crippen LogP contribution >= 0.6 is 0 Å². The van der Waals surface area contributed by atoms with Crippen molar-refractivity contribution in [2.45, 2.75) is 51.7 Å². The van der Waals surface area contributed by atoms with Crippen LogP contribution in [-0.4, -0.2) is 34.5 Å². The van der Waals surface area contributed by atoms with E-state index in [2.05, 4.69) is 13.8 Å². The first-order chi connectivity index (χ1) is 8.71. The summed E-state index contributed by atoms with van der Waals surface area (Å²) in [4.78, 5) is 11.8. The molecule has 0 radical (unpaired) electrons. The Labute approximate surface area is 113 Å². The van der Waals surface area contributed by atoms with E-state index in [1.54, 1.807) is 0 Å². The average molecular weight is 266 g/mol. The van der Waals surface area contributed by atoms with Crippen molar-refractivity contribution in [3.05, 3.63) is 11.1 Å². The molecule has 0 aromatic carbocycles. The SMILES string of the molecule is CC1(C)CC2C(O)C3=C(COC3=O)CC(C)(O)C2C1. The number of carbonyl (C=O) groups excluding carboxylic acids is 1. The van der Waals surface area contributed by atoms with Gasteiger partial charge in [-0.1, -0.05) is 13.8 Å². The highest BCUT2D eigenvalue weighted by Gasteiger charge is 2.54. The topological polar surface area (TPSA) is 66.8 Å². The van der Waals surface area contributed by atoms with Crippen LogP contribution in [0.25, 0.3) is 0 Å². The van der Waals surface area contributed by atoms with Crippen LogP contribution in [0, 0.1) is 17.3 Å². The van der Waals surface area contributed by atoms with Crippen molar-refractivity contribution in [1.82, 2.24) is 0 Å². The summed E-state index contributed by atoms with van der Waals surface area (Å²) in [5.41, 5.74) is 0.436. The number of aliphatic hydroxyl groups excluding tert-OH is 1. The number of rotatable bonds is 0. The summed E-state index contributed by atoms with van der Waals surface area (Å²) in [6.45, 7) is 6.38. The zero-order valence-electron chi connectivity index (χ0n) is 11.8. The fourth-order valence-electron chi connectivity index (χ4n) is 4.33. The van der Waals surface area contributed by atoms with Gasteiger partial charge in [0.1, 0.15) is 6.61 Å². The molecule has 2 N–H and O–H groups in total. The molecule has 0 aromatic heterocycles. The van der Waals surface area contributed by atoms with Crippen LogP contribution in [0.4, 0.5) is 0 Å². The number of ether oxygens (including phenoxy) is 1. The molecule has 4 unspecified atom stereocenters. The molecule has 1 heterocycles. The molecule has 1 saturated carbocycles. The molecule has 0 saturated heterocycles. The smallest absolute Gasteiger partial charge is 0.337 e. The van der Waals surface area contributed by atoms with Crippen molar-refractivity contribution in [1.29, 1.82) is 0 Å². The summed E-state index contributed by atoms with van der Waals surface area (Å²) in [7, 11) is 0. The van der Waals surface area contributed by atoms with Crippen LogP contribution in [-0.2, 0) is 9.53 Å². The second kappa shape index (κ2) is 3.83. The second-order valence-electron chi connectivity index (χ2n) is 7.41. The number of carbonyl (C=O) groups is 1. The molecule has 4 atom stereocenters. The molecule has 3 rings (SSSR count). The van der Waals surface area contributed by atoms with E-state index < -0.39 is 17.7 Å². The lowest BCUT2D eigenvalue weighted by atomic mass is 9.78. The molecule has 4 heteroatoms. The van der Waals surface area contributed by atoms with Gasteiger partial charge in [0.2, 0.25) is 0 Å². The summed E-state index contributed by atoms with van der Waals surface area (Å²) < 4.78 is 5.04. The fraction of sp³-hybridized carbons (Fsp3) is 0.800. The van der Waals surface area contributed by atoms with Gasteiger partial charge in [0.05, 0.1) is 17.3 Å². The van der Waals surface area contributed by atoms with Crippen molar-refractivity contribution in [3.63, 3.8) is 0 Å². The Hall–Kier alpha value is -0.870. The van der Waals surface area contributed by atoms with E-state index in [9.17, 15) is 15.0 Å². The average Bonchev–Trinajstić information content (AvgIpc) is 2.76. The van der Waals surface area contributed by atoms with E-state index >= 15 is 0 Å².